The summed E-state index contributed by atoms with van der Waals surface area (Å²) in [6.45, 7) is 5.31. The van der Waals surface area contributed by atoms with Crippen LogP contribution >= 0.6 is 0 Å². The summed E-state index contributed by atoms with van der Waals surface area (Å²) < 4.78 is 51.4. The first-order valence-corrected chi connectivity index (χ1v) is 21.8. The predicted octanol–water partition coefficient (Wildman–Crippen LogP) is 3.51. The summed E-state index contributed by atoms with van der Waals surface area (Å²) in [5.74, 6) is -6.20. The number of aliphatic hydroxyl groups is 10. The van der Waals surface area contributed by atoms with Gasteiger partial charge in [-0.15, -0.1) is 0 Å². The van der Waals surface area contributed by atoms with E-state index in [-0.39, 0.29) is 171 Å². The van der Waals surface area contributed by atoms with E-state index < -0.39 is 78.3 Å². The normalized spacial score (nSPS) is 18.5. The monoisotopic (exact) mass is 1150 g/mol. The Balaban J connectivity index is -0.0000000629. The second-order valence-electron chi connectivity index (χ2n) is 14.7. The number of carbonyl (C=O) groups is 4. The highest BCUT2D eigenvalue weighted by atomic mass is 16.7. The number of ketones is 1. The van der Waals surface area contributed by atoms with Crippen LogP contribution in [0.1, 0.15) is 160 Å². The Kier molecular flexibility index (Phi) is 82.1. The Morgan fingerprint density at radius 1 is 0.545 bits per heavy atom. The van der Waals surface area contributed by atoms with Crippen molar-refractivity contribution in [3.8, 4) is 0 Å². The zero-order valence-corrected chi connectivity index (χ0v) is 40.9. The van der Waals surface area contributed by atoms with Crippen molar-refractivity contribution in [2.45, 2.75) is 220 Å². The number of aliphatic hydroxyl groups excluding tert-OH is 10. The van der Waals surface area contributed by atoms with Crippen LogP contribution in [0.4, 0.5) is 0 Å². The second-order valence-corrected chi connectivity index (χ2v) is 14.7. The van der Waals surface area contributed by atoms with E-state index in [1.54, 1.807) is 27.7 Å². The van der Waals surface area contributed by atoms with Crippen LogP contribution in [0.5, 0.6) is 0 Å². The van der Waals surface area contributed by atoms with Gasteiger partial charge in [0.25, 0.3) is 0 Å². The lowest BCUT2D eigenvalue weighted by Crippen LogP contribution is -2.44. The van der Waals surface area contributed by atoms with E-state index in [1.807, 2.05) is 0 Å². The fraction of sp³-hybridized carbons (Fsp3) is 0.923. The molecule has 0 aromatic heterocycles. The van der Waals surface area contributed by atoms with E-state index in [9.17, 15) is 49.8 Å². The van der Waals surface area contributed by atoms with Crippen LogP contribution in [0.2, 0.25) is 0 Å². The van der Waals surface area contributed by atoms with Crippen molar-refractivity contribution in [1.29, 1.82) is 0 Å². The van der Waals surface area contributed by atoms with Gasteiger partial charge in [0.15, 0.2) is 23.1 Å². The van der Waals surface area contributed by atoms with Gasteiger partial charge in [0.05, 0.1) is 65.7 Å². The molecule has 0 aliphatic carbocycles. The van der Waals surface area contributed by atoms with Crippen molar-refractivity contribution in [1.82, 2.24) is 5.32 Å². The van der Waals surface area contributed by atoms with Gasteiger partial charge in [-0.05, 0) is 6.92 Å². The zero-order chi connectivity index (χ0) is 52.3. The second kappa shape index (κ2) is 59.5. The van der Waals surface area contributed by atoms with Gasteiger partial charge in [-0.1, -0.05) is 102 Å². The summed E-state index contributed by atoms with van der Waals surface area (Å²) in [6.07, 6.45) is -3.62. The number of Topliss-reactive ketones (excluding diaryl/α,β-unsaturated/α-hetero) is 1. The van der Waals surface area contributed by atoms with E-state index in [0.29, 0.717) is 25.7 Å². The van der Waals surface area contributed by atoms with E-state index in [1.165, 1.54) is 42.4 Å². The lowest BCUT2D eigenvalue weighted by Gasteiger charge is -2.32. The standard InChI is InChI=1S/C13H25NO7.C13H24O7.C8H16O5.C8H18O5.10CH4/c1-4-13(9-16,19-3)21-10(7-15)8-20-12(18)6-5-11(17)14-2;1-4-13(9-15,18-3)20-11(7-14)8-19-12(17)6-5-10(2)16;1-3-8(12-2)7(11)6(10)5(4-9)13-8;1-3-8(6-11,12-2)13-7(4-9)5-10;;;;;;;;;;/h10,15-16H,4-9H2,1-3H3,(H,14,17);11,14-15H,4-9H2,1-3H3;5-7,9-11H,3-4H2,1-2H3;7,9-11H,3-6H2,1-2H3;10*1H4/t10?,13-;11?,13-;5-,6-,7-,8-;8-;;;;;;;;;;/m1111........../s1. The molecule has 1 aliphatic heterocycles. The quantitative estimate of drug-likeness (QED) is 0.0339. The summed E-state index contributed by atoms with van der Waals surface area (Å²) in [5.41, 5.74) is 0. The molecule has 11 N–H and O–H groups in total. The average Bonchev–Trinajstić information content (AvgIpc) is 3.62. The van der Waals surface area contributed by atoms with Crippen LogP contribution in [-0.4, -0.2) is 236 Å². The van der Waals surface area contributed by atoms with Crippen molar-refractivity contribution in [3.05, 3.63) is 0 Å². The number of hydrogen-bond acceptors (Lipinski definition) is 24. The van der Waals surface area contributed by atoms with Crippen molar-refractivity contribution in [2.75, 3.05) is 102 Å². The third kappa shape index (κ3) is 40.2. The van der Waals surface area contributed by atoms with Crippen LogP contribution in [-0.2, 0) is 66.5 Å². The van der Waals surface area contributed by atoms with Crippen LogP contribution in [0.25, 0.3) is 0 Å². The topological polar surface area (TPSA) is 375 Å². The fourth-order valence-corrected chi connectivity index (χ4v) is 5.50. The first-order chi connectivity index (χ1) is 31.7. The van der Waals surface area contributed by atoms with Gasteiger partial charge < -0.3 is 109 Å². The van der Waals surface area contributed by atoms with Crippen LogP contribution in [0.15, 0.2) is 0 Å². The molecule has 1 fully saturated rings. The zero-order valence-electron chi connectivity index (χ0n) is 40.9. The molecular weight excluding hydrogens is 1020 g/mol. The largest absolute Gasteiger partial charge is 0.463 e. The van der Waals surface area contributed by atoms with E-state index in [0.717, 1.165) is 0 Å². The molecule has 1 saturated heterocycles. The Morgan fingerprint density at radius 3 is 1.08 bits per heavy atom. The Bertz CT molecular complexity index is 1260. The molecule has 0 saturated carbocycles. The van der Waals surface area contributed by atoms with Crippen molar-refractivity contribution in [2.24, 2.45) is 0 Å². The van der Waals surface area contributed by atoms with E-state index in [2.05, 4.69) is 5.32 Å². The highest BCUT2D eigenvalue weighted by molar-refractivity contribution is 5.81. The summed E-state index contributed by atoms with van der Waals surface area (Å²) in [4.78, 5) is 44.5. The van der Waals surface area contributed by atoms with Crippen molar-refractivity contribution >= 4 is 23.6 Å². The summed E-state index contributed by atoms with van der Waals surface area (Å²) in [7, 11) is 7.05. The minimum absolute atomic E-state index is 0. The third-order valence-corrected chi connectivity index (χ3v) is 10.3. The smallest absolute Gasteiger partial charge is 0.306 e. The molecule has 0 spiro atoms. The number of nitrogens with one attached hydrogen (secondary N) is 1. The highest BCUT2D eigenvalue weighted by Crippen LogP contribution is 2.34. The van der Waals surface area contributed by atoms with Gasteiger partial charge in [0, 0.05) is 74.0 Å². The lowest BCUT2D eigenvalue weighted by atomic mass is 10.0. The summed E-state index contributed by atoms with van der Waals surface area (Å²) in [5, 5.41) is 93.8. The number of hydrogen-bond donors (Lipinski definition) is 11. The minimum Gasteiger partial charge on any atom is -0.463 e. The lowest BCUT2D eigenvalue weighted by molar-refractivity contribution is -0.274. The van der Waals surface area contributed by atoms with E-state index >= 15 is 0 Å². The van der Waals surface area contributed by atoms with Gasteiger partial charge in [-0.3, -0.25) is 14.4 Å². The molecule has 25 heteroatoms. The number of carbonyl (C=O) groups excluding carboxylic acids is 4. The number of rotatable bonds is 32. The van der Waals surface area contributed by atoms with Gasteiger partial charge >= 0.3 is 11.9 Å². The maximum atomic E-state index is 11.4. The summed E-state index contributed by atoms with van der Waals surface area (Å²) in [6, 6.07) is 0. The fourth-order valence-electron chi connectivity index (χ4n) is 5.50. The van der Waals surface area contributed by atoms with Gasteiger partial charge in [-0.25, -0.2) is 0 Å². The molecule has 1 amide bonds. The maximum Gasteiger partial charge on any atom is 0.306 e. The molecule has 0 radical (unpaired) electrons. The first kappa shape index (κ1) is 106. The molecule has 77 heavy (non-hydrogen) atoms. The molecule has 1 rings (SSSR count). The van der Waals surface area contributed by atoms with Gasteiger partial charge in [0.2, 0.25) is 5.91 Å². The van der Waals surface area contributed by atoms with Crippen LogP contribution in [0, 0.1) is 0 Å². The molecule has 1 heterocycles. The molecule has 1 aliphatic rings. The average molecular weight is 1150 g/mol. The number of amides is 1. The van der Waals surface area contributed by atoms with Crippen LogP contribution < -0.4 is 5.32 Å². The molecule has 0 aromatic rings. The highest BCUT2D eigenvalue weighted by Gasteiger charge is 2.53. The number of methoxy groups -OCH3 is 4. The van der Waals surface area contributed by atoms with Crippen LogP contribution in [0.3, 0.4) is 0 Å². The van der Waals surface area contributed by atoms with E-state index in [4.69, 9.17) is 67.8 Å². The molecule has 0 bridgehead atoms. The van der Waals surface area contributed by atoms with Crippen molar-refractivity contribution in [3.63, 3.8) is 0 Å². The molecule has 480 valence electrons. The predicted molar refractivity (Wildman–Crippen MR) is 301 cm³/mol. The SMILES string of the molecule is C.C.C.C.C.C.C.C.C.C.CC[C@@](CO)(OC)OC(CO)CO.CC[C@@](CO)(OC)OC(CO)COC(=O)CCC(=O)NC.CC[C@@](CO)(OC)OC(CO)COC(=O)CCC(C)=O.CC[C@@]1(OC)O[C@H](CO)[C@@H](O)[C@H]1O. The van der Waals surface area contributed by atoms with Gasteiger partial charge in [-0.2, -0.15) is 0 Å². The Hall–Kier alpha value is -2.64. The van der Waals surface area contributed by atoms with Crippen molar-refractivity contribution < 1.29 is 118 Å². The molecule has 2 unspecified atom stereocenters. The summed E-state index contributed by atoms with van der Waals surface area (Å²) >= 11 is 0. The Morgan fingerprint density at radius 2 is 0.870 bits per heavy atom. The first-order valence-electron chi connectivity index (χ1n) is 21.8. The molecule has 0 aromatic carbocycles. The maximum absolute atomic E-state index is 11.4. The third-order valence-electron chi connectivity index (χ3n) is 10.3. The molecule has 9 atom stereocenters. The molecule has 25 nitrogen and oxygen atoms in total. The molecular formula is C52H123NO24. The minimum atomic E-state index is -1.23. The van der Waals surface area contributed by atoms with Gasteiger partial charge in [0.1, 0.15) is 55.6 Å². The number of ether oxygens (including phenoxy) is 10. The number of esters is 2. The Labute approximate surface area is 467 Å².